The molecule has 0 bridgehead atoms. The summed E-state index contributed by atoms with van der Waals surface area (Å²) in [5, 5.41) is 0. The molecule has 1 aromatic rings. The first-order valence-corrected chi connectivity index (χ1v) is 7.72. The highest BCUT2D eigenvalue weighted by Crippen LogP contribution is 2.16. The van der Waals surface area contributed by atoms with Gasteiger partial charge in [0.1, 0.15) is 0 Å². The van der Waals surface area contributed by atoms with Crippen molar-refractivity contribution in [3.63, 3.8) is 0 Å². The molecule has 0 saturated heterocycles. The molecule has 0 aliphatic heterocycles. The van der Waals surface area contributed by atoms with Crippen molar-refractivity contribution in [1.29, 1.82) is 0 Å². The second kappa shape index (κ2) is 6.87. The van der Waals surface area contributed by atoms with Crippen LogP contribution >= 0.6 is 0 Å². The minimum absolute atomic E-state index is 0.376. The molecule has 0 saturated carbocycles. The molecule has 18 heavy (non-hydrogen) atoms. The van der Waals surface area contributed by atoms with Crippen LogP contribution in [0.5, 0.6) is 0 Å². The maximum absolute atomic E-state index is 12.1. The Bertz CT molecular complexity index is 484. The fraction of sp³-hybridized carbons (Fsp3) is 0.538. The summed E-state index contributed by atoms with van der Waals surface area (Å²) in [5.74, 6) is 0. The molecule has 0 aliphatic carbocycles. The van der Waals surface area contributed by atoms with Crippen LogP contribution in [0, 0.1) is 13.8 Å². The summed E-state index contributed by atoms with van der Waals surface area (Å²) in [6, 6.07) is 5.45. The van der Waals surface area contributed by atoms with E-state index in [1.54, 1.807) is 6.07 Å². The average molecular weight is 270 g/mol. The van der Waals surface area contributed by atoms with Crippen molar-refractivity contribution in [2.24, 2.45) is 5.73 Å². The summed E-state index contributed by atoms with van der Waals surface area (Å²) < 4.78 is 26.8. The molecule has 1 aromatic carbocycles. The molecule has 0 radical (unpaired) electrons. The van der Waals surface area contributed by atoms with E-state index in [1.807, 2.05) is 26.0 Å². The van der Waals surface area contributed by atoms with Gasteiger partial charge in [-0.15, -0.1) is 0 Å². The largest absolute Gasteiger partial charge is 0.330 e. The Morgan fingerprint density at radius 2 is 1.89 bits per heavy atom. The molecule has 0 heterocycles. The summed E-state index contributed by atoms with van der Waals surface area (Å²) >= 11 is 0. The Kier molecular flexibility index (Phi) is 5.78. The monoisotopic (exact) mass is 270 g/mol. The second-order valence-electron chi connectivity index (χ2n) is 4.52. The van der Waals surface area contributed by atoms with Gasteiger partial charge in [-0.2, -0.15) is 0 Å². The van der Waals surface area contributed by atoms with Gasteiger partial charge in [0.25, 0.3) is 0 Å². The molecule has 0 spiro atoms. The summed E-state index contributed by atoms with van der Waals surface area (Å²) in [6.07, 6.45) is 2.71. The highest BCUT2D eigenvalue weighted by atomic mass is 32.2. The molecular formula is C13H22N2O2S. The number of hydrogen-bond acceptors (Lipinski definition) is 3. The third-order valence-electron chi connectivity index (χ3n) is 2.81. The van der Waals surface area contributed by atoms with Gasteiger partial charge in [0.2, 0.25) is 10.0 Å². The van der Waals surface area contributed by atoms with Gasteiger partial charge in [-0.05, 0) is 50.4 Å². The zero-order chi connectivity index (χ0) is 13.6. The fourth-order valence-corrected chi connectivity index (χ4v) is 3.13. The summed E-state index contributed by atoms with van der Waals surface area (Å²) in [7, 11) is -3.38. The van der Waals surface area contributed by atoms with Gasteiger partial charge < -0.3 is 5.73 Å². The van der Waals surface area contributed by atoms with Crippen molar-refractivity contribution in [2.45, 2.75) is 38.0 Å². The van der Waals surface area contributed by atoms with Gasteiger partial charge in [-0.3, -0.25) is 0 Å². The van der Waals surface area contributed by atoms with Crippen molar-refractivity contribution >= 4 is 10.0 Å². The highest BCUT2D eigenvalue weighted by molar-refractivity contribution is 7.89. The predicted octanol–water partition coefficient (Wildman–Crippen LogP) is 1.71. The van der Waals surface area contributed by atoms with Crippen LogP contribution in [0.15, 0.2) is 23.1 Å². The van der Waals surface area contributed by atoms with Gasteiger partial charge in [-0.1, -0.05) is 18.6 Å². The maximum Gasteiger partial charge on any atom is 0.240 e. The molecule has 0 aromatic heterocycles. The molecule has 1 rings (SSSR count). The molecule has 0 amide bonds. The summed E-state index contributed by atoms with van der Waals surface area (Å²) in [6.45, 7) is 4.82. The number of rotatable bonds is 7. The molecule has 4 nitrogen and oxygen atoms in total. The van der Waals surface area contributed by atoms with Gasteiger partial charge in [0, 0.05) is 6.54 Å². The van der Waals surface area contributed by atoms with Crippen LogP contribution in [-0.2, 0) is 10.0 Å². The zero-order valence-electron chi connectivity index (χ0n) is 11.1. The van der Waals surface area contributed by atoms with E-state index < -0.39 is 10.0 Å². The van der Waals surface area contributed by atoms with Gasteiger partial charge in [0.05, 0.1) is 4.90 Å². The lowest BCUT2D eigenvalue weighted by atomic mass is 10.2. The molecule has 0 fully saturated rings. The number of nitrogens with two attached hydrogens (primary N) is 1. The van der Waals surface area contributed by atoms with E-state index in [1.165, 1.54) is 0 Å². The van der Waals surface area contributed by atoms with Crippen molar-refractivity contribution in [3.05, 3.63) is 29.3 Å². The zero-order valence-corrected chi connectivity index (χ0v) is 11.9. The number of sulfonamides is 1. The lowest BCUT2D eigenvalue weighted by Gasteiger charge is -2.10. The minimum Gasteiger partial charge on any atom is -0.330 e. The van der Waals surface area contributed by atoms with E-state index in [4.69, 9.17) is 5.73 Å². The highest BCUT2D eigenvalue weighted by Gasteiger charge is 2.15. The average Bonchev–Trinajstić information content (AvgIpc) is 2.32. The van der Waals surface area contributed by atoms with E-state index >= 15 is 0 Å². The Morgan fingerprint density at radius 1 is 1.17 bits per heavy atom. The Labute approximate surface area is 110 Å². The predicted molar refractivity (Wildman–Crippen MR) is 74.0 cm³/mol. The van der Waals surface area contributed by atoms with Crippen LogP contribution in [0.4, 0.5) is 0 Å². The van der Waals surface area contributed by atoms with E-state index in [9.17, 15) is 8.42 Å². The Morgan fingerprint density at radius 3 is 2.56 bits per heavy atom. The normalized spacial score (nSPS) is 11.7. The third kappa shape index (κ3) is 4.40. The first kappa shape index (κ1) is 15.1. The van der Waals surface area contributed by atoms with Crippen LogP contribution in [0.2, 0.25) is 0 Å². The first-order chi connectivity index (χ1) is 8.47. The molecular weight excluding hydrogens is 248 g/mol. The van der Waals surface area contributed by atoms with Crippen molar-refractivity contribution in [1.82, 2.24) is 4.72 Å². The second-order valence-corrected chi connectivity index (χ2v) is 6.25. The standard InChI is InChI=1S/C13H22N2O2S/c1-11-6-7-12(2)13(10-11)18(16,17)15-9-5-3-4-8-14/h6-7,10,15H,3-5,8-9,14H2,1-2H3. The molecule has 3 N–H and O–H groups in total. The van der Waals surface area contributed by atoms with Gasteiger partial charge in [0.15, 0.2) is 0 Å². The lowest BCUT2D eigenvalue weighted by Crippen LogP contribution is -2.25. The van der Waals surface area contributed by atoms with E-state index in [0.717, 1.165) is 30.4 Å². The third-order valence-corrected chi connectivity index (χ3v) is 4.41. The number of hydrogen-bond donors (Lipinski definition) is 2. The SMILES string of the molecule is Cc1ccc(C)c(S(=O)(=O)NCCCCCN)c1. The smallest absolute Gasteiger partial charge is 0.240 e. The number of nitrogens with one attached hydrogen (secondary N) is 1. The van der Waals surface area contributed by atoms with Gasteiger partial charge >= 0.3 is 0 Å². The van der Waals surface area contributed by atoms with Crippen LogP contribution < -0.4 is 10.5 Å². The van der Waals surface area contributed by atoms with Crippen LogP contribution in [0.25, 0.3) is 0 Å². The minimum atomic E-state index is -3.38. The topological polar surface area (TPSA) is 72.2 Å². The fourth-order valence-electron chi connectivity index (χ4n) is 1.73. The van der Waals surface area contributed by atoms with E-state index in [0.29, 0.717) is 18.0 Å². The summed E-state index contributed by atoms with van der Waals surface area (Å²) in [5.41, 5.74) is 7.11. The quantitative estimate of drug-likeness (QED) is 0.741. The van der Waals surface area contributed by atoms with E-state index in [-0.39, 0.29) is 0 Å². The maximum atomic E-state index is 12.1. The molecule has 0 atom stereocenters. The van der Waals surface area contributed by atoms with Crippen LogP contribution in [0.3, 0.4) is 0 Å². The van der Waals surface area contributed by atoms with Gasteiger partial charge in [-0.25, -0.2) is 13.1 Å². The lowest BCUT2D eigenvalue weighted by molar-refractivity contribution is 0.574. The van der Waals surface area contributed by atoms with Crippen LogP contribution in [-0.4, -0.2) is 21.5 Å². The number of aryl methyl sites for hydroxylation is 2. The summed E-state index contributed by atoms with van der Waals surface area (Å²) in [4.78, 5) is 0.376. The number of unbranched alkanes of at least 4 members (excludes halogenated alkanes) is 2. The Hall–Kier alpha value is -0.910. The number of benzene rings is 1. The van der Waals surface area contributed by atoms with Crippen molar-refractivity contribution < 1.29 is 8.42 Å². The van der Waals surface area contributed by atoms with E-state index in [2.05, 4.69) is 4.72 Å². The van der Waals surface area contributed by atoms with Crippen molar-refractivity contribution in [2.75, 3.05) is 13.1 Å². The van der Waals surface area contributed by atoms with Crippen LogP contribution in [0.1, 0.15) is 30.4 Å². The van der Waals surface area contributed by atoms with Crippen molar-refractivity contribution in [3.8, 4) is 0 Å². The first-order valence-electron chi connectivity index (χ1n) is 6.24. The molecule has 5 heteroatoms. The molecule has 0 unspecified atom stereocenters. The molecule has 0 aliphatic rings. The Balaban J connectivity index is 2.66. The molecule has 102 valence electrons.